The molecule has 24 heavy (non-hydrogen) atoms. The molecule has 0 N–H and O–H groups in total. The maximum atomic E-state index is 2.81. The number of benzene rings is 1. The summed E-state index contributed by atoms with van der Waals surface area (Å²) in [5.41, 5.74) is 3.79. The van der Waals surface area contributed by atoms with Crippen molar-refractivity contribution in [3.63, 3.8) is 0 Å². The van der Waals surface area contributed by atoms with E-state index < -0.39 is 0 Å². The van der Waals surface area contributed by atoms with Crippen LogP contribution in [0.4, 0.5) is 0 Å². The van der Waals surface area contributed by atoms with Crippen LogP contribution in [0.3, 0.4) is 0 Å². The lowest BCUT2D eigenvalue weighted by Crippen LogP contribution is -2.39. The van der Waals surface area contributed by atoms with Gasteiger partial charge in [-0.3, -0.25) is 4.90 Å². The van der Waals surface area contributed by atoms with E-state index >= 15 is 0 Å². The maximum Gasteiger partial charge on any atom is 0.0101 e. The third-order valence-corrected chi connectivity index (χ3v) is 6.54. The van der Waals surface area contributed by atoms with Gasteiger partial charge in [-0.05, 0) is 47.1 Å². The van der Waals surface area contributed by atoms with E-state index in [9.17, 15) is 0 Å². The SMILES string of the molecule is CC1CN(C2CCCC(C)(C)C2)CC1c1ccc(C(C)(C)C)cc1. The lowest BCUT2D eigenvalue weighted by Gasteiger charge is -2.40. The van der Waals surface area contributed by atoms with Crippen molar-refractivity contribution in [2.24, 2.45) is 11.3 Å². The fourth-order valence-electron chi connectivity index (χ4n) is 4.94. The first-order chi connectivity index (χ1) is 11.2. The Labute approximate surface area is 149 Å². The van der Waals surface area contributed by atoms with Crippen molar-refractivity contribution in [3.05, 3.63) is 35.4 Å². The zero-order chi connectivity index (χ0) is 17.5. The largest absolute Gasteiger partial charge is 0.299 e. The van der Waals surface area contributed by atoms with Crippen molar-refractivity contribution in [2.45, 2.75) is 84.6 Å². The summed E-state index contributed by atoms with van der Waals surface area (Å²) in [7, 11) is 0. The number of hydrogen-bond donors (Lipinski definition) is 0. The van der Waals surface area contributed by atoms with E-state index in [2.05, 4.69) is 70.7 Å². The molecule has 1 aromatic carbocycles. The van der Waals surface area contributed by atoms with Gasteiger partial charge in [0.2, 0.25) is 0 Å². The van der Waals surface area contributed by atoms with Crippen molar-refractivity contribution < 1.29 is 0 Å². The minimum absolute atomic E-state index is 0.250. The molecule has 0 spiro atoms. The Bertz CT molecular complexity index is 548. The minimum atomic E-state index is 0.250. The number of nitrogens with zero attached hydrogens (tertiary/aromatic N) is 1. The van der Waals surface area contributed by atoms with Gasteiger partial charge >= 0.3 is 0 Å². The Morgan fingerprint density at radius 1 is 1.04 bits per heavy atom. The standard InChI is InChI=1S/C23H37N/c1-17-15-24(20-8-7-13-23(5,6)14-20)16-21(17)18-9-11-19(12-10-18)22(2,3)4/h9-12,17,20-21H,7-8,13-16H2,1-6H3. The van der Waals surface area contributed by atoms with Gasteiger partial charge < -0.3 is 0 Å². The van der Waals surface area contributed by atoms with E-state index in [1.807, 2.05) is 0 Å². The summed E-state index contributed by atoms with van der Waals surface area (Å²) < 4.78 is 0. The molecule has 1 saturated carbocycles. The Balaban J connectivity index is 1.70. The molecule has 1 saturated heterocycles. The number of rotatable bonds is 2. The quantitative estimate of drug-likeness (QED) is 0.645. The molecule has 3 unspecified atom stereocenters. The average molecular weight is 328 g/mol. The van der Waals surface area contributed by atoms with Crippen LogP contribution in [0.25, 0.3) is 0 Å². The average Bonchev–Trinajstić information content (AvgIpc) is 2.87. The van der Waals surface area contributed by atoms with Crippen LogP contribution in [-0.4, -0.2) is 24.0 Å². The number of hydrogen-bond acceptors (Lipinski definition) is 1. The maximum absolute atomic E-state index is 2.81. The highest BCUT2D eigenvalue weighted by Gasteiger charge is 2.38. The second-order valence-electron chi connectivity index (χ2n) is 10.3. The fraction of sp³-hybridized carbons (Fsp3) is 0.739. The topological polar surface area (TPSA) is 3.24 Å². The van der Waals surface area contributed by atoms with Crippen LogP contribution in [0.1, 0.15) is 84.3 Å². The van der Waals surface area contributed by atoms with Gasteiger partial charge in [0.25, 0.3) is 0 Å². The molecule has 2 aliphatic rings. The summed E-state index contributed by atoms with van der Waals surface area (Å²) in [6.45, 7) is 16.8. The highest BCUT2D eigenvalue weighted by atomic mass is 15.2. The van der Waals surface area contributed by atoms with Crippen molar-refractivity contribution in [2.75, 3.05) is 13.1 Å². The molecule has 0 bridgehead atoms. The molecule has 1 nitrogen and oxygen atoms in total. The molecule has 0 aromatic heterocycles. The molecule has 2 fully saturated rings. The number of likely N-dealkylation sites (tertiary alicyclic amines) is 1. The molecule has 1 aromatic rings. The third-order valence-electron chi connectivity index (χ3n) is 6.54. The Hall–Kier alpha value is -0.820. The van der Waals surface area contributed by atoms with E-state index in [0.29, 0.717) is 11.3 Å². The molecule has 3 atom stereocenters. The summed E-state index contributed by atoms with van der Waals surface area (Å²) in [5.74, 6) is 1.49. The highest BCUT2D eigenvalue weighted by molar-refractivity contribution is 5.30. The van der Waals surface area contributed by atoms with Crippen molar-refractivity contribution >= 4 is 0 Å². The molecule has 3 rings (SSSR count). The van der Waals surface area contributed by atoms with Gasteiger partial charge in [0.15, 0.2) is 0 Å². The van der Waals surface area contributed by atoms with Gasteiger partial charge in [-0.25, -0.2) is 0 Å². The van der Waals surface area contributed by atoms with Gasteiger partial charge in [-0.2, -0.15) is 0 Å². The summed E-state index contributed by atoms with van der Waals surface area (Å²) in [6.07, 6.45) is 5.61. The molecule has 134 valence electrons. The van der Waals surface area contributed by atoms with Crippen molar-refractivity contribution in [3.8, 4) is 0 Å². The van der Waals surface area contributed by atoms with Gasteiger partial charge in [-0.1, -0.05) is 72.2 Å². The van der Waals surface area contributed by atoms with E-state index in [-0.39, 0.29) is 5.41 Å². The third kappa shape index (κ3) is 3.87. The van der Waals surface area contributed by atoms with Gasteiger partial charge in [0.05, 0.1) is 0 Å². The second-order valence-corrected chi connectivity index (χ2v) is 10.3. The predicted molar refractivity (Wildman–Crippen MR) is 105 cm³/mol. The van der Waals surface area contributed by atoms with Crippen LogP contribution in [0.5, 0.6) is 0 Å². The smallest absolute Gasteiger partial charge is 0.0101 e. The molecule has 0 amide bonds. The molecule has 1 heterocycles. The molecule has 1 aliphatic carbocycles. The summed E-state index contributed by atoms with van der Waals surface area (Å²) in [5, 5.41) is 0. The monoisotopic (exact) mass is 327 g/mol. The Kier molecular flexibility index (Phi) is 4.86. The summed E-state index contributed by atoms with van der Waals surface area (Å²) >= 11 is 0. The lowest BCUT2D eigenvalue weighted by molar-refractivity contribution is 0.110. The van der Waals surface area contributed by atoms with Crippen molar-refractivity contribution in [1.82, 2.24) is 4.90 Å². The Morgan fingerprint density at radius 3 is 2.29 bits per heavy atom. The van der Waals surface area contributed by atoms with Crippen LogP contribution in [-0.2, 0) is 5.41 Å². The molecule has 0 radical (unpaired) electrons. The first-order valence-electron chi connectivity index (χ1n) is 10.0. The van der Waals surface area contributed by atoms with Crippen LogP contribution >= 0.6 is 0 Å². The van der Waals surface area contributed by atoms with E-state index in [1.54, 1.807) is 5.56 Å². The normalized spacial score (nSPS) is 31.3. The lowest BCUT2D eigenvalue weighted by atomic mass is 9.75. The van der Waals surface area contributed by atoms with Crippen molar-refractivity contribution in [1.29, 1.82) is 0 Å². The van der Waals surface area contributed by atoms with Crippen LogP contribution in [0, 0.1) is 11.3 Å². The zero-order valence-corrected chi connectivity index (χ0v) is 16.7. The first-order valence-corrected chi connectivity index (χ1v) is 10.0. The molecular weight excluding hydrogens is 290 g/mol. The molecule has 1 aliphatic heterocycles. The van der Waals surface area contributed by atoms with Crippen LogP contribution < -0.4 is 0 Å². The van der Waals surface area contributed by atoms with E-state index in [0.717, 1.165) is 12.0 Å². The molecular formula is C23H37N. The molecule has 1 heteroatoms. The first kappa shape index (κ1) is 18.0. The van der Waals surface area contributed by atoms with E-state index in [4.69, 9.17) is 0 Å². The van der Waals surface area contributed by atoms with Gasteiger partial charge in [-0.15, -0.1) is 0 Å². The predicted octanol–water partition coefficient (Wildman–Crippen LogP) is 5.99. The van der Waals surface area contributed by atoms with Crippen LogP contribution in [0.2, 0.25) is 0 Å². The highest BCUT2D eigenvalue weighted by Crippen LogP contribution is 2.41. The van der Waals surface area contributed by atoms with Gasteiger partial charge in [0.1, 0.15) is 0 Å². The summed E-state index contributed by atoms with van der Waals surface area (Å²) in [6, 6.07) is 10.3. The zero-order valence-electron chi connectivity index (χ0n) is 16.7. The Morgan fingerprint density at radius 2 is 1.71 bits per heavy atom. The minimum Gasteiger partial charge on any atom is -0.299 e. The van der Waals surface area contributed by atoms with Gasteiger partial charge in [0, 0.05) is 25.0 Å². The fourth-order valence-corrected chi connectivity index (χ4v) is 4.94. The van der Waals surface area contributed by atoms with Crippen LogP contribution in [0.15, 0.2) is 24.3 Å². The second kappa shape index (κ2) is 6.48. The van der Waals surface area contributed by atoms with E-state index in [1.165, 1.54) is 44.3 Å². The summed E-state index contributed by atoms with van der Waals surface area (Å²) in [4.78, 5) is 2.81.